The maximum Gasteiger partial charge on any atom is 0.246 e. The lowest BCUT2D eigenvalue weighted by molar-refractivity contribution is -0.308. The fraction of sp³-hybridized carbons (Fsp3) is 0.900. The van der Waals surface area contributed by atoms with E-state index in [0.29, 0.717) is 0 Å². The van der Waals surface area contributed by atoms with E-state index in [1.165, 1.54) is 0 Å². The van der Waals surface area contributed by atoms with Crippen LogP contribution in [-0.2, 0) is 14.3 Å². The number of hydrogen-bond acceptors (Lipinski definition) is 7. The highest BCUT2D eigenvalue weighted by Crippen LogP contribution is 2.23. The van der Waals surface area contributed by atoms with Gasteiger partial charge in [0.2, 0.25) is 5.91 Å². The van der Waals surface area contributed by atoms with Crippen molar-refractivity contribution >= 4 is 5.91 Å². The standard InChI is InChI=1S/C10H19NO7/c1-2-4(9(11)16)17-10-8(15)7(14)6(13)5(3-12)18-10/h4-8,10,12-15H,2-3H2,1H3,(H2,11,16)/t4?,5?,6-,7?,8+,10+/m1/s1. The molecule has 18 heavy (non-hydrogen) atoms. The molecule has 1 fully saturated rings. The first-order chi connectivity index (χ1) is 8.42. The van der Waals surface area contributed by atoms with Gasteiger partial charge < -0.3 is 35.6 Å². The van der Waals surface area contributed by atoms with Crippen molar-refractivity contribution in [1.82, 2.24) is 0 Å². The molecule has 1 rings (SSSR count). The molecule has 6 atom stereocenters. The molecule has 1 saturated heterocycles. The second-order valence-electron chi connectivity index (χ2n) is 4.13. The number of primary amides is 1. The molecule has 6 N–H and O–H groups in total. The van der Waals surface area contributed by atoms with Crippen LogP contribution in [0, 0.1) is 0 Å². The van der Waals surface area contributed by atoms with Crippen molar-refractivity contribution in [3.63, 3.8) is 0 Å². The van der Waals surface area contributed by atoms with E-state index in [9.17, 15) is 20.1 Å². The van der Waals surface area contributed by atoms with Crippen LogP contribution in [0.5, 0.6) is 0 Å². The summed E-state index contributed by atoms with van der Waals surface area (Å²) in [6, 6.07) is 0. The van der Waals surface area contributed by atoms with Gasteiger partial charge in [-0.1, -0.05) is 6.92 Å². The molecule has 1 aliphatic heterocycles. The lowest BCUT2D eigenvalue weighted by Gasteiger charge is -2.40. The van der Waals surface area contributed by atoms with Crippen LogP contribution >= 0.6 is 0 Å². The molecule has 0 aromatic heterocycles. The summed E-state index contributed by atoms with van der Waals surface area (Å²) in [5, 5.41) is 37.7. The van der Waals surface area contributed by atoms with Gasteiger partial charge in [-0.05, 0) is 6.42 Å². The van der Waals surface area contributed by atoms with Gasteiger partial charge in [-0.15, -0.1) is 0 Å². The molecule has 8 nitrogen and oxygen atoms in total. The van der Waals surface area contributed by atoms with Crippen molar-refractivity contribution in [2.24, 2.45) is 5.73 Å². The number of amides is 1. The zero-order valence-corrected chi connectivity index (χ0v) is 9.97. The van der Waals surface area contributed by atoms with E-state index in [4.69, 9.17) is 20.3 Å². The molecule has 1 aliphatic rings. The molecule has 1 amide bonds. The zero-order valence-electron chi connectivity index (χ0n) is 9.97. The molecule has 3 unspecified atom stereocenters. The lowest BCUT2D eigenvalue weighted by atomic mass is 9.99. The minimum Gasteiger partial charge on any atom is -0.394 e. The summed E-state index contributed by atoms with van der Waals surface area (Å²) in [4.78, 5) is 11.0. The third-order valence-electron chi connectivity index (χ3n) is 2.83. The molecule has 106 valence electrons. The Morgan fingerprint density at radius 2 is 1.94 bits per heavy atom. The fourth-order valence-corrected chi connectivity index (χ4v) is 1.71. The summed E-state index contributed by atoms with van der Waals surface area (Å²) < 4.78 is 10.2. The largest absolute Gasteiger partial charge is 0.394 e. The molecular weight excluding hydrogens is 246 g/mol. The van der Waals surface area contributed by atoms with E-state index in [1.54, 1.807) is 6.92 Å². The van der Waals surface area contributed by atoms with Crippen molar-refractivity contribution in [2.75, 3.05) is 6.61 Å². The van der Waals surface area contributed by atoms with Crippen LogP contribution in [0.15, 0.2) is 0 Å². The Kier molecular flexibility index (Phi) is 5.45. The van der Waals surface area contributed by atoms with E-state index in [0.717, 1.165) is 0 Å². The quantitative estimate of drug-likeness (QED) is 0.358. The van der Waals surface area contributed by atoms with Crippen molar-refractivity contribution in [1.29, 1.82) is 0 Å². The smallest absolute Gasteiger partial charge is 0.246 e. The lowest BCUT2D eigenvalue weighted by Crippen LogP contribution is -2.60. The first-order valence-corrected chi connectivity index (χ1v) is 5.67. The highest BCUT2D eigenvalue weighted by Gasteiger charge is 2.45. The predicted molar refractivity (Wildman–Crippen MR) is 58.1 cm³/mol. The van der Waals surface area contributed by atoms with Gasteiger partial charge in [0, 0.05) is 0 Å². The van der Waals surface area contributed by atoms with Crippen LogP contribution in [0.1, 0.15) is 13.3 Å². The third kappa shape index (κ3) is 3.16. The monoisotopic (exact) mass is 265 g/mol. The zero-order chi connectivity index (χ0) is 13.9. The number of hydrogen-bond donors (Lipinski definition) is 5. The molecular formula is C10H19NO7. The highest BCUT2D eigenvalue weighted by atomic mass is 16.7. The Morgan fingerprint density at radius 3 is 2.39 bits per heavy atom. The first-order valence-electron chi connectivity index (χ1n) is 5.67. The number of aliphatic hydroxyl groups excluding tert-OH is 4. The normalized spacial score (nSPS) is 38.4. The molecule has 0 aromatic carbocycles. The third-order valence-corrected chi connectivity index (χ3v) is 2.83. The van der Waals surface area contributed by atoms with Gasteiger partial charge in [0.05, 0.1) is 6.61 Å². The van der Waals surface area contributed by atoms with E-state index in [2.05, 4.69) is 0 Å². The van der Waals surface area contributed by atoms with Gasteiger partial charge >= 0.3 is 0 Å². The van der Waals surface area contributed by atoms with Gasteiger partial charge in [0.15, 0.2) is 6.29 Å². The van der Waals surface area contributed by atoms with Crippen LogP contribution in [0.3, 0.4) is 0 Å². The number of rotatable bonds is 5. The Morgan fingerprint density at radius 1 is 1.33 bits per heavy atom. The molecule has 8 heteroatoms. The summed E-state index contributed by atoms with van der Waals surface area (Å²) in [5.74, 6) is -0.727. The molecule has 0 aromatic rings. The van der Waals surface area contributed by atoms with E-state index in [-0.39, 0.29) is 6.42 Å². The average Bonchev–Trinajstić information content (AvgIpc) is 2.35. The second-order valence-corrected chi connectivity index (χ2v) is 4.13. The minimum atomic E-state index is -1.54. The SMILES string of the molecule is CCC(O[C@H]1OC(CO)[C@@H](O)C(O)[C@@H]1O)C(N)=O. The summed E-state index contributed by atoms with van der Waals surface area (Å²) >= 11 is 0. The van der Waals surface area contributed by atoms with E-state index < -0.39 is 49.3 Å². The average molecular weight is 265 g/mol. The van der Waals surface area contributed by atoms with Crippen molar-refractivity contribution < 1.29 is 34.7 Å². The van der Waals surface area contributed by atoms with Crippen LogP contribution in [0.25, 0.3) is 0 Å². The van der Waals surface area contributed by atoms with Crippen molar-refractivity contribution in [2.45, 2.75) is 50.2 Å². The minimum absolute atomic E-state index is 0.268. The van der Waals surface area contributed by atoms with Crippen molar-refractivity contribution in [3.8, 4) is 0 Å². The molecule has 0 radical (unpaired) electrons. The second kappa shape index (κ2) is 6.41. The summed E-state index contributed by atoms with van der Waals surface area (Å²) in [6.07, 6.45) is -7.64. The molecule has 0 bridgehead atoms. The number of ether oxygens (including phenoxy) is 2. The summed E-state index contributed by atoms with van der Waals surface area (Å²) in [7, 11) is 0. The molecule has 1 heterocycles. The fourth-order valence-electron chi connectivity index (χ4n) is 1.71. The summed E-state index contributed by atoms with van der Waals surface area (Å²) in [6.45, 7) is 1.09. The van der Waals surface area contributed by atoms with Crippen LogP contribution in [-0.4, -0.2) is 69.8 Å². The van der Waals surface area contributed by atoms with Crippen LogP contribution < -0.4 is 5.73 Å². The van der Waals surface area contributed by atoms with Crippen LogP contribution in [0.4, 0.5) is 0 Å². The topological polar surface area (TPSA) is 142 Å². The van der Waals surface area contributed by atoms with Gasteiger partial charge in [-0.25, -0.2) is 0 Å². The van der Waals surface area contributed by atoms with Gasteiger partial charge in [-0.3, -0.25) is 4.79 Å². The van der Waals surface area contributed by atoms with Gasteiger partial charge in [0.1, 0.15) is 30.5 Å². The number of carbonyl (C=O) groups is 1. The maximum absolute atomic E-state index is 11.0. The summed E-state index contributed by atoms with van der Waals surface area (Å²) in [5.41, 5.74) is 5.08. The first kappa shape index (κ1) is 15.3. The number of carbonyl (C=O) groups excluding carboxylic acids is 1. The number of aliphatic hydroxyl groups is 4. The molecule has 0 aliphatic carbocycles. The predicted octanol–water partition coefficient (Wildman–Crippen LogP) is -2.93. The van der Waals surface area contributed by atoms with Gasteiger partial charge in [-0.2, -0.15) is 0 Å². The number of nitrogens with two attached hydrogens (primary N) is 1. The van der Waals surface area contributed by atoms with Crippen LogP contribution in [0.2, 0.25) is 0 Å². The molecule has 0 saturated carbocycles. The Hall–Kier alpha value is -0.770. The Balaban J connectivity index is 2.72. The van der Waals surface area contributed by atoms with Gasteiger partial charge in [0.25, 0.3) is 0 Å². The Bertz CT molecular complexity index is 285. The maximum atomic E-state index is 11.0. The Labute approximate surface area is 104 Å². The van der Waals surface area contributed by atoms with E-state index >= 15 is 0 Å². The highest BCUT2D eigenvalue weighted by molar-refractivity contribution is 5.78. The van der Waals surface area contributed by atoms with E-state index in [1.807, 2.05) is 0 Å². The molecule has 0 spiro atoms. The van der Waals surface area contributed by atoms with Crippen molar-refractivity contribution in [3.05, 3.63) is 0 Å².